The van der Waals surface area contributed by atoms with Crippen LogP contribution in [0.5, 0.6) is 0 Å². The third-order valence-corrected chi connectivity index (χ3v) is 2.73. The minimum absolute atomic E-state index is 0.0419. The maximum Gasteiger partial charge on any atom is 0.0718 e. The number of aliphatic hydroxyl groups is 1. The van der Waals surface area contributed by atoms with Gasteiger partial charge in [0.25, 0.3) is 0 Å². The molecule has 3 nitrogen and oxygen atoms in total. The van der Waals surface area contributed by atoms with E-state index in [-0.39, 0.29) is 5.60 Å². The van der Waals surface area contributed by atoms with Gasteiger partial charge in [-0.1, -0.05) is 0 Å². The lowest BCUT2D eigenvalue weighted by Crippen LogP contribution is -2.40. The molecule has 0 aromatic rings. The van der Waals surface area contributed by atoms with Gasteiger partial charge < -0.3 is 14.7 Å². The van der Waals surface area contributed by atoms with Crippen molar-refractivity contribution in [2.75, 3.05) is 20.1 Å². The van der Waals surface area contributed by atoms with E-state index >= 15 is 0 Å². The fourth-order valence-corrected chi connectivity index (χ4v) is 2.28. The van der Waals surface area contributed by atoms with Crippen molar-refractivity contribution in [2.45, 2.75) is 57.8 Å². The Balaban J connectivity index is 2.31. The number of rotatable bonds is 4. The monoisotopic (exact) mass is 215 g/mol. The Morgan fingerprint density at radius 3 is 2.47 bits per heavy atom. The van der Waals surface area contributed by atoms with Gasteiger partial charge in [0.2, 0.25) is 0 Å². The third-order valence-electron chi connectivity index (χ3n) is 2.73. The zero-order chi connectivity index (χ0) is 11.7. The molecule has 1 heterocycles. The third kappa shape index (κ3) is 4.96. The summed E-state index contributed by atoms with van der Waals surface area (Å²) in [7, 11) is 2.03. The van der Waals surface area contributed by atoms with Crippen molar-refractivity contribution in [2.24, 2.45) is 0 Å². The Morgan fingerprint density at radius 1 is 1.47 bits per heavy atom. The molecule has 1 aliphatic rings. The second-order valence-corrected chi connectivity index (χ2v) is 6.05. The molecule has 1 atom stereocenters. The van der Waals surface area contributed by atoms with Crippen LogP contribution in [0.1, 0.15) is 40.5 Å². The summed E-state index contributed by atoms with van der Waals surface area (Å²) in [5, 5.41) is 9.68. The van der Waals surface area contributed by atoms with Crippen molar-refractivity contribution in [1.82, 2.24) is 4.90 Å². The predicted molar refractivity (Wildman–Crippen MR) is 62.0 cm³/mol. The van der Waals surface area contributed by atoms with E-state index in [0.29, 0.717) is 12.6 Å². The lowest BCUT2D eigenvalue weighted by atomic mass is 10.1. The molecule has 1 fully saturated rings. The molecule has 1 N–H and O–H groups in total. The first-order chi connectivity index (χ1) is 6.68. The van der Waals surface area contributed by atoms with Gasteiger partial charge in [0.15, 0.2) is 0 Å². The number of likely N-dealkylation sites (N-methyl/N-ethyl adjacent to an activating group) is 1. The first-order valence-corrected chi connectivity index (χ1v) is 5.77. The van der Waals surface area contributed by atoms with E-state index in [9.17, 15) is 5.11 Å². The molecule has 1 unspecified atom stereocenters. The van der Waals surface area contributed by atoms with Gasteiger partial charge in [0.1, 0.15) is 0 Å². The van der Waals surface area contributed by atoms with Gasteiger partial charge in [-0.15, -0.1) is 0 Å². The van der Waals surface area contributed by atoms with E-state index in [4.69, 9.17) is 4.74 Å². The highest BCUT2D eigenvalue weighted by Gasteiger charge is 2.32. The van der Waals surface area contributed by atoms with E-state index < -0.39 is 5.60 Å². The molecule has 0 amide bonds. The van der Waals surface area contributed by atoms with Gasteiger partial charge in [-0.05, 0) is 47.6 Å². The lowest BCUT2D eigenvalue weighted by molar-refractivity contribution is -0.0351. The highest BCUT2D eigenvalue weighted by Crippen LogP contribution is 2.29. The lowest BCUT2D eigenvalue weighted by Gasteiger charge is -2.28. The summed E-state index contributed by atoms with van der Waals surface area (Å²) in [5.74, 6) is 0. The van der Waals surface area contributed by atoms with Crippen LogP contribution in [0.4, 0.5) is 0 Å². The van der Waals surface area contributed by atoms with Crippen LogP contribution in [0.3, 0.4) is 0 Å². The second kappa shape index (κ2) is 4.40. The number of nitrogens with zero attached hydrogens (tertiary/aromatic N) is 1. The topological polar surface area (TPSA) is 32.7 Å². The molecule has 0 aromatic heterocycles. The van der Waals surface area contributed by atoms with Crippen LogP contribution in [-0.4, -0.2) is 47.4 Å². The molecule has 0 bridgehead atoms. The average Bonchev–Trinajstić information content (AvgIpc) is 2.25. The summed E-state index contributed by atoms with van der Waals surface area (Å²) in [5.41, 5.74) is -0.580. The normalized spacial score (nSPS) is 26.2. The molecule has 0 spiro atoms. The Labute approximate surface area is 93.4 Å². The first kappa shape index (κ1) is 12.9. The summed E-state index contributed by atoms with van der Waals surface area (Å²) >= 11 is 0. The van der Waals surface area contributed by atoms with Gasteiger partial charge >= 0.3 is 0 Å². The van der Waals surface area contributed by atoms with Gasteiger partial charge in [-0.25, -0.2) is 0 Å². The largest absolute Gasteiger partial charge is 0.389 e. The minimum atomic E-state index is -0.622. The number of ether oxygens (including phenoxy) is 1. The number of hydrogen-bond acceptors (Lipinski definition) is 3. The molecular weight excluding hydrogens is 190 g/mol. The van der Waals surface area contributed by atoms with Crippen LogP contribution in [0.15, 0.2) is 0 Å². The maximum atomic E-state index is 9.68. The van der Waals surface area contributed by atoms with Crippen LogP contribution < -0.4 is 0 Å². The molecule has 3 heteroatoms. The summed E-state index contributed by atoms with van der Waals surface area (Å²) in [6.07, 6.45) is 2.59. The quantitative estimate of drug-likeness (QED) is 0.774. The summed E-state index contributed by atoms with van der Waals surface area (Å²) in [6.45, 7) is 9.55. The van der Waals surface area contributed by atoms with Crippen molar-refractivity contribution in [3.05, 3.63) is 0 Å². The van der Waals surface area contributed by atoms with Crippen LogP contribution in [0.2, 0.25) is 0 Å². The molecule has 1 saturated heterocycles. The van der Waals surface area contributed by atoms with Crippen LogP contribution in [-0.2, 0) is 4.74 Å². The van der Waals surface area contributed by atoms with Crippen molar-refractivity contribution < 1.29 is 9.84 Å². The zero-order valence-electron chi connectivity index (χ0n) is 10.7. The Bertz CT molecular complexity index is 208. The van der Waals surface area contributed by atoms with Crippen molar-refractivity contribution in [3.8, 4) is 0 Å². The molecule has 90 valence electrons. The van der Waals surface area contributed by atoms with E-state index in [1.54, 1.807) is 0 Å². The molecule has 0 saturated carbocycles. The Hall–Kier alpha value is -0.120. The summed E-state index contributed by atoms with van der Waals surface area (Å²) < 4.78 is 5.91. The molecule has 1 rings (SSSR count). The zero-order valence-corrected chi connectivity index (χ0v) is 10.7. The van der Waals surface area contributed by atoms with Crippen molar-refractivity contribution >= 4 is 0 Å². The van der Waals surface area contributed by atoms with E-state index in [1.807, 2.05) is 20.9 Å². The van der Waals surface area contributed by atoms with E-state index in [2.05, 4.69) is 18.7 Å². The fraction of sp³-hybridized carbons (Fsp3) is 1.00. The van der Waals surface area contributed by atoms with Gasteiger partial charge in [0, 0.05) is 13.1 Å². The molecule has 0 aliphatic carbocycles. The molecule has 0 aromatic carbocycles. The summed E-state index contributed by atoms with van der Waals surface area (Å²) in [4.78, 5) is 2.14. The fourth-order valence-electron chi connectivity index (χ4n) is 2.28. The minimum Gasteiger partial charge on any atom is -0.389 e. The standard InChI is InChI=1S/C12H25NO2/c1-11(2,14)9-13(5)8-10-6-7-12(3,4)15-10/h10,14H,6-9H2,1-5H3. The van der Waals surface area contributed by atoms with Crippen molar-refractivity contribution in [1.29, 1.82) is 0 Å². The number of hydrogen-bond donors (Lipinski definition) is 1. The van der Waals surface area contributed by atoms with Gasteiger partial charge in [0.05, 0.1) is 17.3 Å². The average molecular weight is 215 g/mol. The molecule has 15 heavy (non-hydrogen) atoms. The molecule has 1 aliphatic heterocycles. The molecular formula is C12H25NO2. The maximum absolute atomic E-state index is 9.68. The Kier molecular flexibility index (Phi) is 3.80. The van der Waals surface area contributed by atoms with E-state index in [1.165, 1.54) is 0 Å². The Morgan fingerprint density at radius 2 is 2.07 bits per heavy atom. The van der Waals surface area contributed by atoms with Crippen LogP contribution in [0, 0.1) is 0 Å². The first-order valence-electron chi connectivity index (χ1n) is 5.77. The highest BCUT2D eigenvalue weighted by molar-refractivity contribution is 4.83. The van der Waals surface area contributed by atoms with Gasteiger partial charge in [-0.3, -0.25) is 0 Å². The van der Waals surface area contributed by atoms with Crippen LogP contribution in [0.25, 0.3) is 0 Å². The second-order valence-electron chi connectivity index (χ2n) is 6.05. The van der Waals surface area contributed by atoms with Crippen LogP contribution >= 0.6 is 0 Å². The molecule has 0 radical (unpaired) electrons. The summed E-state index contributed by atoms with van der Waals surface area (Å²) in [6, 6.07) is 0. The predicted octanol–water partition coefficient (Wildman–Crippen LogP) is 1.65. The smallest absolute Gasteiger partial charge is 0.0718 e. The van der Waals surface area contributed by atoms with Gasteiger partial charge in [-0.2, -0.15) is 0 Å². The highest BCUT2D eigenvalue weighted by atomic mass is 16.5. The van der Waals surface area contributed by atoms with E-state index in [0.717, 1.165) is 19.4 Å². The SMILES string of the molecule is CN(CC1CCC(C)(C)O1)CC(C)(C)O. The van der Waals surface area contributed by atoms with Crippen molar-refractivity contribution in [3.63, 3.8) is 0 Å².